The first-order valence-corrected chi connectivity index (χ1v) is 6.97. The van der Waals surface area contributed by atoms with Gasteiger partial charge < -0.3 is 14.8 Å². The first kappa shape index (κ1) is 12.1. The van der Waals surface area contributed by atoms with Crippen LogP contribution in [0.15, 0.2) is 6.33 Å². The van der Waals surface area contributed by atoms with Crippen molar-refractivity contribution in [1.82, 2.24) is 25.0 Å². The second-order valence-electron chi connectivity index (χ2n) is 5.91. The standard InChI is InChI=1S/C13H23N5/c1-9(13-16-14-8-17(13)2)15-10-6-11-4-5-12(7-10)18(11)3/h8-12,15H,4-7H2,1-3H3. The Labute approximate surface area is 109 Å². The summed E-state index contributed by atoms with van der Waals surface area (Å²) in [6.07, 6.45) is 7.06. The zero-order valence-corrected chi connectivity index (χ0v) is 11.5. The molecule has 3 unspecified atom stereocenters. The molecule has 2 saturated heterocycles. The summed E-state index contributed by atoms with van der Waals surface area (Å²) in [6.45, 7) is 2.18. The zero-order chi connectivity index (χ0) is 12.7. The van der Waals surface area contributed by atoms with Crippen molar-refractivity contribution in [1.29, 1.82) is 0 Å². The van der Waals surface area contributed by atoms with Gasteiger partial charge in [0.1, 0.15) is 12.2 Å². The zero-order valence-electron chi connectivity index (χ0n) is 11.5. The van der Waals surface area contributed by atoms with E-state index < -0.39 is 0 Å². The number of hydrogen-bond donors (Lipinski definition) is 1. The molecule has 0 aromatic carbocycles. The molecule has 0 saturated carbocycles. The van der Waals surface area contributed by atoms with E-state index in [9.17, 15) is 0 Å². The molecule has 2 fully saturated rings. The molecular weight excluding hydrogens is 226 g/mol. The van der Waals surface area contributed by atoms with Crippen molar-refractivity contribution in [2.45, 2.75) is 56.8 Å². The third-order valence-corrected chi connectivity index (χ3v) is 4.72. The van der Waals surface area contributed by atoms with Crippen molar-refractivity contribution < 1.29 is 0 Å². The first-order valence-electron chi connectivity index (χ1n) is 6.97. The van der Waals surface area contributed by atoms with Crippen LogP contribution in [0.5, 0.6) is 0 Å². The molecule has 2 bridgehead atoms. The van der Waals surface area contributed by atoms with Crippen LogP contribution in [0.2, 0.25) is 0 Å². The van der Waals surface area contributed by atoms with Gasteiger partial charge in [0.05, 0.1) is 6.04 Å². The van der Waals surface area contributed by atoms with E-state index in [1.54, 1.807) is 6.33 Å². The summed E-state index contributed by atoms with van der Waals surface area (Å²) in [4.78, 5) is 2.57. The summed E-state index contributed by atoms with van der Waals surface area (Å²) in [5.41, 5.74) is 0. The maximum absolute atomic E-state index is 4.19. The highest BCUT2D eigenvalue weighted by atomic mass is 15.3. The summed E-state index contributed by atoms with van der Waals surface area (Å²) < 4.78 is 2.00. The molecule has 3 heterocycles. The fourth-order valence-corrected chi connectivity index (χ4v) is 3.66. The molecule has 0 radical (unpaired) electrons. The van der Waals surface area contributed by atoms with E-state index >= 15 is 0 Å². The Morgan fingerprint density at radius 2 is 1.94 bits per heavy atom. The lowest BCUT2D eigenvalue weighted by Gasteiger charge is -2.37. The van der Waals surface area contributed by atoms with Crippen LogP contribution in [0.4, 0.5) is 0 Å². The van der Waals surface area contributed by atoms with Gasteiger partial charge in [-0.2, -0.15) is 0 Å². The summed E-state index contributed by atoms with van der Waals surface area (Å²) in [5, 5.41) is 11.9. The smallest absolute Gasteiger partial charge is 0.149 e. The lowest BCUT2D eigenvalue weighted by Crippen LogP contribution is -2.47. The van der Waals surface area contributed by atoms with Crippen molar-refractivity contribution >= 4 is 0 Å². The number of hydrogen-bond acceptors (Lipinski definition) is 4. The van der Waals surface area contributed by atoms with Crippen molar-refractivity contribution in [3.05, 3.63) is 12.2 Å². The fourth-order valence-electron chi connectivity index (χ4n) is 3.66. The average molecular weight is 249 g/mol. The fraction of sp³-hybridized carbons (Fsp3) is 0.846. The van der Waals surface area contributed by atoms with Gasteiger partial charge in [0.15, 0.2) is 0 Å². The molecule has 2 aliphatic rings. The maximum Gasteiger partial charge on any atom is 0.149 e. The predicted molar refractivity (Wildman–Crippen MR) is 70.1 cm³/mol. The van der Waals surface area contributed by atoms with Crippen molar-refractivity contribution in [3.63, 3.8) is 0 Å². The van der Waals surface area contributed by atoms with Gasteiger partial charge in [-0.05, 0) is 39.7 Å². The SMILES string of the molecule is CC(NC1CC2CCC(C1)N2C)c1nncn1C. The number of rotatable bonds is 3. The molecule has 3 atom stereocenters. The lowest BCUT2D eigenvalue weighted by molar-refractivity contribution is 0.143. The van der Waals surface area contributed by atoms with Crippen LogP contribution < -0.4 is 5.32 Å². The van der Waals surface area contributed by atoms with Crippen molar-refractivity contribution in [2.75, 3.05) is 7.05 Å². The Hall–Kier alpha value is -0.940. The number of nitrogens with zero attached hydrogens (tertiary/aromatic N) is 4. The Balaban J connectivity index is 1.63. The van der Waals surface area contributed by atoms with E-state index in [4.69, 9.17) is 0 Å². The molecule has 18 heavy (non-hydrogen) atoms. The third kappa shape index (κ3) is 2.06. The molecule has 0 spiro atoms. The van der Waals surface area contributed by atoms with Crippen LogP contribution in [0.1, 0.15) is 44.5 Å². The molecule has 1 aromatic heterocycles. The van der Waals surface area contributed by atoms with E-state index in [1.807, 2.05) is 11.6 Å². The van der Waals surface area contributed by atoms with Crippen LogP contribution in [0.25, 0.3) is 0 Å². The van der Waals surface area contributed by atoms with Crippen LogP contribution in [-0.2, 0) is 7.05 Å². The Kier molecular flexibility index (Phi) is 3.11. The number of nitrogens with one attached hydrogen (secondary N) is 1. The largest absolute Gasteiger partial charge is 0.319 e. The topological polar surface area (TPSA) is 46.0 Å². The Bertz CT molecular complexity index is 401. The average Bonchev–Trinajstić information content (AvgIpc) is 2.82. The van der Waals surface area contributed by atoms with E-state index in [-0.39, 0.29) is 6.04 Å². The Morgan fingerprint density at radius 1 is 1.28 bits per heavy atom. The van der Waals surface area contributed by atoms with Crippen LogP contribution in [0, 0.1) is 0 Å². The van der Waals surface area contributed by atoms with Crippen LogP contribution in [-0.4, -0.2) is 44.8 Å². The molecule has 3 rings (SSSR count). The second-order valence-corrected chi connectivity index (χ2v) is 5.91. The first-order chi connectivity index (χ1) is 8.65. The molecule has 100 valence electrons. The highest BCUT2D eigenvalue weighted by molar-refractivity contribution is 4.99. The van der Waals surface area contributed by atoms with Gasteiger partial charge in [-0.15, -0.1) is 10.2 Å². The van der Waals surface area contributed by atoms with Crippen molar-refractivity contribution in [2.24, 2.45) is 7.05 Å². The minimum Gasteiger partial charge on any atom is -0.319 e. The van der Waals surface area contributed by atoms with E-state index in [1.165, 1.54) is 25.7 Å². The summed E-state index contributed by atoms with van der Waals surface area (Å²) >= 11 is 0. The molecule has 5 heteroatoms. The number of piperidine rings is 1. The van der Waals surface area contributed by atoms with Gasteiger partial charge >= 0.3 is 0 Å². The van der Waals surface area contributed by atoms with E-state index in [2.05, 4.69) is 34.4 Å². The Morgan fingerprint density at radius 3 is 2.50 bits per heavy atom. The summed E-state index contributed by atoms with van der Waals surface area (Å²) in [6, 6.07) is 2.48. The maximum atomic E-state index is 4.19. The molecule has 0 amide bonds. The van der Waals surface area contributed by atoms with Gasteiger partial charge in [-0.25, -0.2) is 0 Å². The van der Waals surface area contributed by atoms with Gasteiger partial charge in [-0.1, -0.05) is 0 Å². The predicted octanol–water partition coefficient (Wildman–Crippen LogP) is 1.09. The molecule has 2 aliphatic heterocycles. The summed E-state index contributed by atoms with van der Waals surface area (Å²) in [7, 11) is 4.29. The minimum atomic E-state index is 0.283. The molecule has 1 aromatic rings. The second kappa shape index (κ2) is 4.63. The van der Waals surface area contributed by atoms with Gasteiger partial charge in [-0.3, -0.25) is 0 Å². The van der Waals surface area contributed by atoms with Crippen LogP contribution >= 0.6 is 0 Å². The van der Waals surface area contributed by atoms with Gasteiger partial charge in [0.25, 0.3) is 0 Å². The molecule has 5 nitrogen and oxygen atoms in total. The number of aromatic nitrogens is 3. The quantitative estimate of drug-likeness (QED) is 0.871. The molecule has 0 aliphatic carbocycles. The highest BCUT2D eigenvalue weighted by Gasteiger charge is 2.38. The minimum absolute atomic E-state index is 0.283. The number of aryl methyl sites for hydroxylation is 1. The highest BCUT2D eigenvalue weighted by Crippen LogP contribution is 2.34. The van der Waals surface area contributed by atoms with Gasteiger partial charge in [0.2, 0.25) is 0 Å². The number of fused-ring (bicyclic) bond motifs is 2. The monoisotopic (exact) mass is 249 g/mol. The third-order valence-electron chi connectivity index (χ3n) is 4.72. The summed E-state index contributed by atoms with van der Waals surface area (Å²) in [5.74, 6) is 1.03. The van der Waals surface area contributed by atoms with Crippen LogP contribution in [0.3, 0.4) is 0 Å². The molecular formula is C13H23N5. The van der Waals surface area contributed by atoms with Crippen molar-refractivity contribution in [3.8, 4) is 0 Å². The van der Waals surface area contributed by atoms with Gasteiger partial charge in [0, 0.05) is 25.2 Å². The lowest BCUT2D eigenvalue weighted by atomic mass is 9.97. The molecule has 1 N–H and O–H groups in total. The normalized spacial score (nSPS) is 33.8. The van der Waals surface area contributed by atoms with E-state index in [0.717, 1.165) is 17.9 Å². The van der Waals surface area contributed by atoms with E-state index in [0.29, 0.717) is 6.04 Å².